The summed E-state index contributed by atoms with van der Waals surface area (Å²) in [6, 6.07) is -0.698. The first-order valence-electron chi connectivity index (χ1n) is 6.64. The summed E-state index contributed by atoms with van der Waals surface area (Å²) in [5, 5.41) is 14.1. The molecule has 0 aromatic heterocycles. The third kappa shape index (κ3) is 10.7. The lowest BCUT2D eigenvalue weighted by Crippen LogP contribution is -2.36. The summed E-state index contributed by atoms with van der Waals surface area (Å²) in [5.74, 6) is -1.14. The average Bonchev–Trinajstić information content (AvgIpc) is 2.42. The zero-order valence-electron chi connectivity index (χ0n) is 11.9. The molecular weight excluding hydrogens is 266 g/mol. The van der Waals surface area contributed by atoms with E-state index in [1.54, 1.807) is 7.05 Å². The van der Waals surface area contributed by atoms with Crippen LogP contribution in [0.2, 0.25) is 0 Å². The molecule has 0 rings (SSSR count). The van der Waals surface area contributed by atoms with Gasteiger partial charge in [0.1, 0.15) is 6.04 Å². The number of ether oxygens (including phenoxy) is 2. The Balaban J connectivity index is 3.43. The largest absolute Gasteiger partial charge is 0.480 e. The van der Waals surface area contributed by atoms with E-state index >= 15 is 0 Å². The van der Waals surface area contributed by atoms with Crippen LogP contribution < -0.4 is 16.4 Å². The number of hydrogen-bond donors (Lipinski definition) is 4. The molecule has 0 aliphatic rings. The van der Waals surface area contributed by atoms with E-state index in [0.717, 1.165) is 0 Å². The summed E-state index contributed by atoms with van der Waals surface area (Å²) in [6.45, 7) is 2.72. The SMILES string of the molecule is CNC(CCC(=O)NCCOCCOCCN)C(=O)O. The molecule has 0 radical (unpaired) electrons. The quantitative estimate of drug-likeness (QED) is 0.306. The second kappa shape index (κ2) is 12.8. The van der Waals surface area contributed by atoms with Crippen LogP contribution in [-0.2, 0) is 19.1 Å². The molecule has 0 bridgehead atoms. The Hall–Kier alpha value is -1.22. The second-order valence-corrected chi connectivity index (χ2v) is 4.08. The first-order valence-corrected chi connectivity index (χ1v) is 6.64. The minimum atomic E-state index is -0.957. The fraction of sp³-hybridized carbons (Fsp3) is 0.833. The number of hydrogen-bond acceptors (Lipinski definition) is 6. The highest BCUT2D eigenvalue weighted by atomic mass is 16.5. The molecule has 1 atom stereocenters. The number of amides is 1. The molecule has 8 heteroatoms. The maximum Gasteiger partial charge on any atom is 0.320 e. The molecule has 0 saturated carbocycles. The van der Waals surface area contributed by atoms with Crippen molar-refractivity contribution in [2.24, 2.45) is 5.73 Å². The summed E-state index contributed by atoms with van der Waals surface area (Å²) in [5.41, 5.74) is 5.25. The number of carboxylic acids is 1. The molecule has 1 unspecified atom stereocenters. The van der Waals surface area contributed by atoms with Crippen LogP contribution in [0.3, 0.4) is 0 Å². The third-order valence-corrected chi connectivity index (χ3v) is 2.51. The highest BCUT2D eigenvalue weighted by molar-refractivity contribution is 5.78. The number of nitrogens with one attached hydrogen (secondary N) is 2. The Morgan fingerprint density at radius 3 is 2.40 bits per heavy atom. The Morgan fingerprint density at radius 2 is 1.85 bits per heavy atom. The zero-order chi connectivity index (χ0) is 15.2. The normalized spacial score (nSPS) is 12.1. The molecule has 0 aromatic carbocycles. The molecule has 0 aromatic rings. The molecule has 5 N–H and O–H groups in total. The molecular formula is C12H25N3O5. The lowest BCUT2D eigenvalue weighted by molar-refractivity contribution is -0.139. The lowest BCUT2D eigenvalue weighted by atomic mass is 10.1. The van der Waals surface area contributed by atoms with Gasteiger partial charge >= 0.3 is 5.97 Å². The topological polar surface area (TPSA) is 123 Å². The molecule has 0 aliphatic carbocycles. The Labute approximate surface area is 119 Å². The van der Waals surface area contributed by atoms with E-state index in [0.29, 0.717) is 39.5 Å². The predicted octanol–water partition coefficient (Wildman–Crippen LogP) is -1.45. The van der Waals surface area contributed by atoms with E-state index in [-0.39, 0.29) is 18.7 Å². The van der Waals surface area contributed by atoms with E-state index in [1.165, 1.54) is 0 Å². The van der Waals surface area contributed by atoms with Crippen LogP contribution in [0.1, 0.15) is 12.8 Å². The highest BCUT2D eigenvalue weighted by Gasteiger charge is 2.15. The van der Waals surface area contributed by atoms with Gasteiger partial charge in [-0.25, -0.2) is 0 Å². The number of carbonyl (C=O) groups is 2. The summed E-state index contributed by atoms with van der Waals surface area (Å²) < 4.78 is 10.3. The van der Waals surface area contributed by atoms with Crippen molar-refractivity contribution in [1.82, 2.24) is 10.6 Å². The van der Waals surface area contributed by atoms with Crippen LogP contribution in [0, 0.1) is 0 Å². The van der Waals surface area contributed by atoms with Gasteiger partial charge < -0.3 is 30.9 Å². The monoisotopic (exact) mass is 291 g/mol. The Morgan fingerprint density at radius 1 is 1.20 bits per heavy atom. The minimum Gasteiger partial charge on any atom is -0.480 e. The Kier molecular flexibility index (Phi) is 12.0. The van der Waals surface area contributed by atoms with Gasteiger partial charge in [-0.1, -0.05) is 0 Å². The van der Waals surface area contributed by atoms with E-state index in [1.807, 2.05) is 0 Å². The summed E-state index contributed by atoms with van der Waals surface area (Å²) >= 11 is 0. The summed E-state index contributed by atoms with van der Waals surface area (Å²) in [6.07, 6.45) is 0.420. The second-order valence-electron chi connectivity index (χ2n) is 4.08. The van der Waals surface area contributed by atoms with Crippen LogP contribution in [0.25, 0.3) is 0 Å². The van der Waals surface area contributed by atoms with Gasteiger partial charge in [-0.3, -0.25) is 9.59 Å². The number of likely N-dealkylation sites (N-methyl/N-ethyl adjacent to an activating group) is 1. The first-order chi connectivity index (χ1) is 9.61. The number of aliphatic carboxylic acids is 1. The van der Waals surface area contributed by atoms with Gasteiger partial charge in [0.25, 0.3) is 0 Å². The maximum atomic E-state index is 11.4. The average molecular weight is 291 g/mol. The van der Waals surface area contributed by atoms with Gasteiger partial charge in [0, 0.05) is 19.5 Å². The van der Waals surface area contributed by atoms with Gasteiger partial charge in [0.2, 0.25) is 5.91 Å². The number of rotatable bonds is 13. The van der Waals surface area contributed by atoms with Crippen molar-refractivity contribution >= 4 is 11.9 Å². The van der Waals surface area contributed by atoms with Crippen molar-refractivity contribution in [2.75, 3.05) is 46.6 Å². The van der Waals surface area contributed by atoms with Crippen LogP contribution in [0.4, 0.5) is 0 Å². The van der Waals surface area contributed by atoms with Crippen LogP contribution in [0.5, 0.6) is 0 Å². The van der Waals surface area contributed by atoms with Gasteiger partial charge in [-0.2, -0.15) is 0 Å². The molecule has 0 fully saturated rings. The fourth-order valence-electron chi connectivity index (χ4n) is 1.42. The van der Waals surface area contributed by atoms with Gasteiger partial charge in [0.05, 0.1) is 26.4 Å². The summed E-state index contributed by atoms with van der Waals surface area (Å²) in [4.78, 5) is 22.2. The highest BCUT2D eigenvalue weighted by Crippen LogP contribution is 1.96. The predicted molar refractivity (Wildman–Crippen MR) is 73.4 cm³/mol. The molecule has 0 spiro atoms. The number of nitrogens with two attached hydrogens (primary N) is 1. The van der Waals surface area contributed by atoms with Crippen molar-refractivity contribution in [1.29, 1.82) is 0 Å². The van der Waals surface area contributed by atoms with Crippen molar-refractivity contribution in [3.63, 3.8) is 0 Å². The maximum absolute atomic E-state index is 11.4. The van der Waals surface area contributed by atoms with E-state index in [2.05, 4.69) is 10.6 Å². The lowest BCUT2D eigenvalue weighted by Gasteiger charge is -2.11. The molecule has 8 nitrogen and oxygen atoms in total. The van der Waals surface area contributed by atoms with Crippen molar-refractivity contribution in [3.8, 4) is 0 Å². The van der Waals surface area contributed by atoms with Crippen LogP contribution in [0.15, 0.2) is 0 Å². The summed E-state index contributed by atoms with van der Waals surface area (Å²) in [7, 11) is 1.55. The van der Waals surface area contributed by atoms with Crippen LogP contribution in [-0.4, -0.2) is 69.6 Å². The minimum absolute atomic E-state index is 0.164. The molecule has 20 heavy (non-hydrogen) atoms. The fourth-order valence-corrected chi connectivity index (χ4v) is 1.42. The van der Waals surface area contributed by atoms with Crippen molar-refractivity contribution in [2.45, 2.75) is 18.9 Å². The molecule has 0 aliphatic heterocycles. The van der Waals surface area contributed by atoms with Crippen molar-refractivity contribution in [3.05, 3.63) is 0 Å². The zero-order valence-corrected chi connectivity index (χ0v) is 11.9. The first kappa shape index (κ1) is 18.8. The van der Waals surface area contributed by atoms with Crippen molar-refractivity contribution < 1.29 is 24.2 Å². The molecule has 118 valence electrons. The smallest absolute Gasteiger partial charge is 0.320 e. The van der Waals surface area contributed by atoms with E-state index in [9.17, 15) is 9.59 Å². The van der Waals surface area contributed by atoms with E-state index in [4.69, 9.17) is 20.3 Å². The van der Waals surface area contributed by atoms with Crippen LogP contribution >= 0.6 is 0 Å². The Bertz CT molecular complexity index is 276. The number of carboxylic acid groups (broad SMARTS) is 1. The van der Waals surface area contributed by atoms with Gasteiger partial charge in [-0.05, 0) is 13.5 Å². The molecule has 1 amide bonds. The number of carbonyl (C=O) groups excluding carboxylic acids is 1. The van der Waals surface area contributed by atoms with E-state index < -0.39 is 12.0 Å². The van der Waals surface area contributed by atoms with Gasteiger partial charge in [0.15, 0.2) is 0 Å². The standard InChI is InChI=1S/C12H25N3O5/c1-14-10(12(17)18)2-3-11(16)15-5-7-20-9-8-19-6-4-13/h10,14H,2-9,13H2,1H3,(H,15,16)(H,17,18). The molecule has 0 saturated heterocycles. The third-order valence-electron chi connectivity index (χ3n) is 2.51. The van der Waals surface area contributed by atoms with Gasteiger partial charge in [-0.15, -0.1) is 0 Å². The molecule has 0 heterocycles.